The highest BCUT2D eigenvalue weighted by molar-refractivity contribution is 5.91. The SMILES string of the molecule is CCCCOC(=O)CC(=O)O[C@@H]1CC[C@]2(C)C3=C(CC[C@H]2C1(C)C)[C@]1(C)CC[C@@H]2[C@H](C)C[C@](O)([C@H](C)[C@@H](C)C(=O)O)O[C@H](C3)[C@]21C. The molecule has 0 bridgehead atoms. The maximum Gasteiger partial charge on any atom is 0.317 e. The van der Waals surface area contributed by atoms with E-state index < -0.39 is 35.5 Å². The molecule has 0 aromatic heterocycles. The fourth-order valence-corrected chi connectivity index (χ4v) is 11.5. The predicted octanol–water partition coefficient (Wildman–Crippen LogP) is 7.46. The number of hydrogen-bond acceptors (Lipinski definition) is 7. The van der Waals surface area contributed by atoms with E-state index in [0.29, 0.717) is 25.4 Å². The van der Waals surface area contributed by atoms with Crippen LogP contribution in [0, 0.1) is 51.2 Å². The fourth-order valence-electron chi connectivity index (χ4n) is 11.5. The van der Waals surface area contributed by atoms with Gasteiger partial charge in [-0.25, -0.2) is 0 Å². The number of aliphatic hydroxyl groups is 1. The van der Waals surface area contributed by atoms with E-state index in [-0.39, 0.29) is 52.1 Å². The highest BCUT2D eigenvalue weighted by atomic mass is 16.6. The number of carbonyl (C=O) groups is 3. The summed E-state index contributed by atoms with van der Waals surface area (Å²) >= 11 is 0. The summed E-state index contributed by atoms with van der Waals surface area (Å²) in [6.07, 6.45) is 7.77. The van der Waals surface area contributed by atoms with Gasteiger partial charge in [-0.15, -0.1) is 0 Å². The Morgan fingerprint density at radius 2 is 1.70 bits per heavy atom. The van der Waals surface area contributed by atoms with Crippen molar-refractivity contribution in [2.75, 3.05) is 6.61 Å². The van der Waals surface area contributed by atoms with Crippen LogP contribution in [0.1, 0.15) is 133 Å². The minimum absolute atomic E-state index is 0.0728. The van der Waals surface area contributed by atoms with Crippen LogP contribution in [0.3, 0.4) is 0 Å². The van der Waals surface area contributed by atoms with E-state index in [0.717, 1.165) is 51.4 Å². The molecule has 5 aliphatic rings. The zero-order valence-corrected chi connectivity index (χ0v) is 29.9. The highest BCUT2D eigenvalue weighted by Crippen LogP contribution is 2.74. The van der Waals surface area contributed by atoms with E-state index in [9.17, 15) is 24.6 Å². The summed E-state index contributed by atoms with van der Waals surface area (Å²) in [5.41, 5.74) is 2.37. The average molecular weight is 645 g/mol. The van der Waals surface area contributed by atoms with Crippen molar-refractivity contribution >= 4 is 17.9 Å². The average Bonchev–Trinajstić information content (AvgIpc) is 3.21. The second-order valence-electron chi connectivity index (χ2n) is 17.1. The molecule has 1 heterocycles. The molecule has 1 aliphatic heterocycles. The van der Waals surface area contributed by atoms with E-state index in [4.69, 9.17) is 14.2 Å². The van der Waals surface area contributed by atoms with Crippen molar-refractivity contribution in [1.82, 2.24) is 0 Å². The third-order valence-corrected chi connectivity index (χ3v) is 14.6. The number of unbranched alkanes of at least 4 members (excludes halogenated alkanes) is 1. The van der Waals surface area contributed by atoms with Crippen LogP contribution in [0.2, 0.25) is 0 Å². The Kier molecular flexibility index (Phi) is 9.38. The van der Waals surface area contributed by atoms with E-state index in [1.54, 1.807) is 12.5 Å². The first kappa shape index (κ1) is 35.4. The Morgan fingerprint density at radius 3 is 2.35 bits per heavy atom. The summed E-state index contributed by atoms with van der Waals surface area (Å²) in [5, 5.41) is 22.1. The van der Waals surface area contributed by atoms with Gasteiger partial charge in [-0.1, -0.05) is 79.9 Å². The monoisotopic (exact) mass is 644 g/mol. The number of carboxylic acid groups (broad SMARTS) is 1. The van der Waals surface area contributed by atoms with Crippen molar-refractivity contribution < 1.29 is 38.8 Å². The molecule has 0 unspecified atom stereocenters. The van der Waals surface area contributed by atoms with E-state index in [2.05, 4.69) is 41.5 Å². The van der Waals surface area contributed by atoms with Crippen LogP contribution in [0.4, 0.5) is 0 Å². The molecule has 8 heteroatoms. The second kappa shape index (κ2) is 12.2. The van der Waals surface area contributed by atoms with Crippen molar-refractivity contribution in [2.45, 2.75) is 151 Å². The third kappa shape index (κ3) is 5.36. The number of ether oxygens (including phenoxy) is 3. The lowest BCUT2D eigenvalue weighted by atomic mass is 9.42. The van der Waals surface area contributed by atoms with Gasteiger partial charge in [0.1, 0.15) is 12.5 Å². The fraction of sp³-hybridized carbons (Fsp3) is 0.868. The Balaban J connectivity index is 1.44. The zero-order chi connectivity index (χ0) is 34.0. The number of esters is 2. The quantitative estimate of drug-likeness (QED) is 0.115. The van der Waals surface area contributed by atoms with Gasteiger partial charge in [-0.3, -0.25) is 14.4 Å². The molecule has 0 spiro atoms. The van der Waals surface area contributed by atoms with Crippen molar-refractivity contribution in [3.63, 3.8) is 0 Å². The second-order valence-corrected chi connectivity index (χ2v) is 17.1. The van der Waals surface area contributed by atoms with Crippen LogP contribution in [-0.4, -0.2) is 52.7 Å². The summed E-state index contributed by atoms with van der Waals surface area (Å²) in [5.74, 6) is -3.92. The zero-order valence-electron chi connectivity index (χ0n) is 29.9. The van der Waals surface area contributed by atoms with Gasteiger partial charge in [0, 0.05) is 23.2 Å². The Morgan fingerprint density at radius 1 is 1.00 bits per heavy atom. The number of fused-ring (bicyclic) bond motifs is 3. The molecular weight excluding hydrogens is 584 g/mol. The van der Waals surface area contributed by atoms with Gasteiger partial charge in [0.05, 0.1) is 18.6 Å². The minimum atomic E-state index is -1.52. The number of carboxylic acids is 1. The van der Waals surface area contributed by atoms with Gasteiger partial charge in [-0.2, -0.15) is 0 Å². The lowest BCUT2D eigenvalue weighted by Crippen LogP contribution is -2.59. The summed E-state index contributed by atoms with van der Waals surface area (Å²) in [7, 11) is 0. The minimum Gasteiger partial charge on any atom is -0.481 e. The standard InChI is InChI=1S/C38H60O8/c1-10-11-18-44-31(39)20-32(40)45-29-15-16-35(7)27-19-30-37(9)25(22(2)21-38(43,46-30)24(4)23(3)33(41)42)14-17-36(37,8)26(27)12-13-28(35)34(29,5)6/h22-25,28-30,43H,10-21H2,1-9H3,(H,41,42)/t22-,23-,24-,25-,28+,29-,30-,35-,36+,37+,38-/m1/s1. The van der Waals surface area contributed by atoms with Crippen molar-refractivity contribution in [2.24, 2.45) is 51.2 Å². The van der Waals surface area contributed by atoms with Crippen LogP contribution >= 0.6 is 0 Å². The Bertz CT molecular complexity index is 1250. The third-order valence-electron chi connectivity index (χ3n) is 14.6. The first-order valence-corrected chi connectivity index (χ1v) is 18.1. The van der Waals surface area contributed by atoms with E-state index in [1.165, 1.54) is 5.57 Å². The molecular formula is C38H60O8. The largest absolute Gasteiger partial charge is 0.481 e. The summed E-state index contributed by atoms with van der Waals surface area (Å²) < 4.78 is 18.2. The van der Waals surface area contributed by atoms with Crippen molar-refractivity contribution in [3.8, 4) is 0 Å². The van der Waals surface area contributed by atoms with E-state index in [1.807, 2.05) is 13.8 Å². The van der Waals surface area contributed by atoms with Gasteiger partial charge in [-0.05, 0) is 80.0 Å². The molecule has 8 nitrogen and oxygen atoms in total. The summed E-state index contributed by atoms with van der Waals surface area (Å²) in [6.45, 7) is 19.8. The van der Waals surface area contributed by atoms with Gasteiger partial charge >= 0.3 is 17.9 Å². The molecule has 0 amide bonds. The van der Waals surface area contributed by atoms with Gasteiger partial charge in [0.15, 0.2) is 5.79 Å². The van der Waals surface area contributed by atoms with Crippen LogP contribution in [-0.2, 0) is 28.6 Å². The molecule has 0 aromatic rings. The van der Waals surface area contributed by atoms with Crippen LogP contribution < -0.4 is 0 Å². The Hall–Kier alpha value is -1.93. The normalized spacial score (nSPS) is 42.5. The number of hydrogen-bond donors (Lipinski definition) is 2. The lowest BCUT2D eigenvalue weighted by molar-refractivity contribution is -0.286. The Labute approximate surface area is 276 Å². The molecule has 3 fully saturated rings. The maximum atomic E-state index is 12.9. The van der Waals surface area contributed by atoms with Gasteiger partial charge in [0.25, 0.3) is 0 Å². The predicted molar refractivity (Wildman–Crippen MR) is 174 cm³/mol. The molecule has 2 N–H and O–H groups in total. The molecule has 260 valence electrons. The van der Waals surface area contributed by atoms with E-state index >= 15 is 0 Å². The number of aliphatic carboxylic acids is 1. The van der Waals surface area contributed by atoms with Crippen molar-refractivity contribution in [1.29, 1.82) is 0 Å². The topological polar surface area (TPSA) is 119 Å². The number of allylic oxidation sites excluding steroid dienone is 1. The summed E-state index contributed by atoms with van der Waals surface area (Å²) in [6, 6.07) is 0. The van der Waals surface area contributed by atoms with Gasteiger partial charge in [0.2, 0.25) is 0 Å². The van der Waals surface area contributed by atoms with Gasteiger partial charge < -0.3 is 24.4 Å². The van der Waals surface area contributed by atoms with Crippen LogP contribution in [0.5, 0.6) is 0 Å². The molecule has 11 atom stereocenters. The summed E-state index contributed by atoms with van der Waals surface area (Å²) in [4.78, 5) is 37.1. The molecule has 46 heavy (non-hydrogen) atoms. The molecule has 0 radical (unpaired) electrons. The number of rotatable bonds is 9. The molecule has 1 saturated heterocycles. The maximum absolute atomic E-state index is 12.9. The molecule has 5 rings (SSSR count). The van der Waals surface area contributed by atoms with Crippen molar-refractivity contribution in [3.05, 3.63) is 11.1 Å². The lowest BCUT2D eigenvalue weighted by Gasteiger charge is -2.63. The first-order chi connectivity index (χ1) is 21.4. The van der Waals surface area contributed by atoms with Crippen LogP contribution in [0.25, 0.3) is 0 Å². The first-order valence-electron chi connectivity index (χ1n) is 18.1. The molecule has 0 aromatic carbocycles. The molecule has 4 aliphatic carbocycles. The van der Waals surface area contributed by atoms with Crippen LogP contribution in [0.15, 0.2) is 11.1 Å². The number of carbonyl (C=O) groups excluding carboxylic acids is 2. The highest BCUT2D eigenvalue weighted by Gasteiger charge is 2.69. The molecule has 2 saturated carbocycles. The smallest absolute Gasteiger partial charge is 0.317 e.